The van der Waals surface area contributed by atoms with Crippen molar-refractivity contribution in [2.75, 3.05) is 13.7 Å². The Bertz CT molecular complexity index is 545. The van der Waals surface area contributed by atoms with Crippen molar-refractivity contribution in [3.63, 3.8) is 0 Å². The zero-order chi connectivity index (χ0) is 13.0. The van der Waals surface area contributed by atoms with Crippen LogP contribution in [0.3, 0.4) is 0 Å². The molecule has 1 heterocycles. The molecule has 4 heteroatoms. The molecule has 0 aliphatic carbocycles. The molecule has 2 aromatic rings. The third-order valence-corrected chi connectivity index (χ3v) is 2.73. The van der Waals surface area contributed by atoms with Crippen molar-refractivity contribution in [1.82, 2.24) is 5.32 Å². The van der Waals surface area contributed by atoms with Crippen LogP contribution < -0.4 is 5.32 Å². The van der Waals surface area contributed by atoms with Crippen LogP contribution in [0.2, 0.25) is 0 Å². The van der Waals surface area contributed by atoms with Crippen LogP contribution in [-0.4, -0.2) is 19.6 Å². The average molecular weight is 247 g/mol. The summed E-state index contributed by atoms with van der Waals surface area (Å²) in [7, 11) is 1.61. The summed E-state index contributed by atoms with van der Waals surface area (Å²) >= 11 is 0. The van der Waals surface area contributed by atoms with Crippen LogP contribution in [0.25, 0.3) is 11.0 Å². The molecular weight excluding hydrogens is 230 g/mol. The van der Waals surface area contributed by atoms with Crippen LogP contribution in [0.1, 0.15) is 29.5 Å². The minimum Gasteiger partial charge on any atom is -0.451 e. The van der Waals surface area contributed by atoms with E-state index in [0.29, 0.717) is 24.5 Å². The molecule has 96 valence electrons. The van der Waals surface area contributed by atoms with E-state index in [-0.39, 0.29) is 5.91 Å². The first-order chi connectivity index (χ1) is 8.77. The lowest BCUT2D eigenvalue weighted by molar-refractivity contribution is 0.0921. The van der Waals surface area contributed by atoms with E-state index < -0.39 is 0 Å². The highest BCUT2D eigenvalue weighted by atomic mass is 16.5. The maximum atomic E-state index is 12.0. The highest BCUT2D eigenvalue weighted by Gasteiger charge is 2.19. The molecule has 4 nitrogen and oxygen atoms in total. The van der Waals surface area contributed by atoms with E-state index in [0.717, 1.165) is 17.4 Å². The topological polar surface area (TPSA) is 51.5 Å². The van der Waals surface area contributed by atoms with Gasteiger partial charge in [0.05, 0.1) is 6.61 Å². The predicted molar refractivity (Wildman–Crippen MR) is 69.6 cm³/mol. The SMILES string of the molecule is CCCNC(=O)c1oc2ccccc2c1COC. The molecule has 1 amide bonds. The minimum absolute atomic E-state index is 0.180. The van der Waals surface area contributed by atoms with Crippen LogP contribution in [0.15, 0.2) is 28.7 Å². The Morgan fingerprint density at radius 3 is 2.89 bits per heavy atom. The third kappa shape index (κ3) is 2.38. The Balaban J connectivity index is 2.41. The summed E-state index contributed by atoms with van der Waals surface area (Å²) in [6.45, 7) is 3.02. The quantitative estimate of drug-likeness (QED) is 0.883. The van der Waals surface area contributed by atoms with E-state index in [4.69, 9.17) is 9.15 Å². The fourth-order valence-corrected chi connectivity index (χ4v) is 1.89. The Kier molecular flexibility index (Phi) is 3.99. The van der Waals surface area contributed by atoms with Gasteiger partial charge in [0.1, 0.15) is 5.58 Å². The fraction of sp³-hybridized carbons (Fsp3) is 0.357. The maximum Gasteiger partial charge on any atom is 0.287 e. The lowest BCUT2D eigenvalue weighted by Crippen LogP contribution is -2.24. The van der Waals surface area contributed by atoms with Gasteiger partial charge in [0, 0.05) is 24.6 Å². The summed E-state index contributed by atoms with van der Waals surface area (Å²) in [6.07, 6.45) is 0.894. The lowest BCUT2D eigenvalue weighted by Gasteiger charge is -2.03. The molecule has 0 aliphatic heterocycles. The zero-order valence-corrected chi connectivity index (χ0v) is 10.7. The Labute approximate surface area is 106 Å². The van der Waals surface area contributed by atoms with Gasteiger partial charge in [-0.2, -0.15) is 0 Å². The van der Waals surface area contributed by atoms with Crippen molar-refractivity contribution in [2.24, 2.45) is 0 Å². The summed E-state index contributed by atoms with van der Waals surface area (Å²) in [5.41, 5.74) is 1.52. The minimum atomic E-state index is -0.180. The van der Waals surface area contributed by atoms with Crippen LogP contribution in [0.4, 0.5) is 0 Å². The van der Waals surface area contributed by atoms with Gasteiger partial charge in [-0.15, -0.1) is 0 Å². The number of fused-ring (bicyclic) bond motifs is 1. The van der Waals surface area contributed by atoms with Crippen molar-refractivity contribution >= 4 is 16.9 Å². The summed E-state index contributed by atoms with van der Waals surface area (Å²) in [5, 5.41) is 3.75. The van der Waals surface area contributed by atoms with E-state index in [9.17, 15) is 4.79 Å². The van der Waals surface area contributed by atoms with Gasteiger partial charge in [-0.25, -0.2) is 0 Å². The molecule has 0 spiro atoms. The standard InChI is InChI=1S/C14H17NO3/c1-3-8-15-14(16)13-11(9-17-2)10-6-4-5-7-12(10)18-13/h4-7H,3,8-9H2,1-2H3,(H,15,16). The molecule has 0 radical (unpaired) electrons. The smallest absolute Gasteiger partial charge is 0.287 e. The van der Waals surface area contributed by atoms with Gasteiger partial charge in [0.15, 0.2) is 5.76 Å². The summed E-state index contributed by atoms with van der Waals surface area (Å²) in [4.78, 5) is 12.0. The van der Waals surface area contributed by atoms with Crippen LogP contribution >= 0.6 is 0 Å². The monoisotopic (exact) mass is 247 g/mol. The molecular formula is C14H17NO3. The Morgan fingerprint density at radius 2 is 2.17 bits per heavy atom. The van der Waals surface area contributed by atoms with Gasteiger partial charge in [0.2, 0.25) is 0 Å². The largest absolute Gasteiger partial charge is 0.451 e. The first-order valence-electron chi connectivity index (χ1n) is 6.05. The number of carbonyl (C=O) groups is 1. The van der Waals surface area contributed by atoms with Crippen molar-refractivity contribution in [3.05, 3.63) is 35.6 Å². The van der Waals surface area contributed by atoms with Gasteiger partial charge in [-0.3, -0.25) is 4.79 Å². The van der Waals surface area contributed by atoms with Crippen LogP contribution in [0, 0.1) is 0 Å². The number of benzene rings is 1. The Hall–Kier alpha value is -1.81. The molecule has 18 heavy (non-hydrogen) atoms. The highest BCUT2D eigenvalue weighted by Crippen LogP contribution is 2.26. The van der Waals surface area contributed by atoms with E-state index in [1.165, 1.54) is 0 Å². The molecule has 1 aromatic heterocycles. The Morgan fingerprint density at radius 1 is 1.39 bits per heavy atom. The lowest BCUT2D eigenvalue weighted by atomic mass is 10.1. The summed E-state index contributed by atoms with van der Waals surface area (Å²) in [5.74, 6) is 0.173. The molecule has 0 saturated carbocycles. The predicted octanol–water partition coefficient (Wildman–Crippen LogP) is 2.72. The molecule has 0 saturated heterocycles. The number of furan rings is 1. The van der Waals surface area contributed by atoms with Crippen molar-refractivity contribution < 1.29 is 13.9 Å². The van der Waals surface area contributed by atoms with Gasteiger partial charge < -0.3 is 14.5 Å². The first kappa shape index (κ1) is 12.6. The third-order valence-electron chi connectivity index (χ3n) is 2.73. The van der Waals surface area contributed by atoms with Crippen LogP contribution in [0.5, 0.6) is 0 Å². The summed E-state index contributed by atoms with van der Waals surface area (Å²) < 4.78 is 10.8. The number of para-hydroxylation sites is 1. The fourth-order valence-electron chi connectivity index (χ4n) is 1.89. The molecule has 0 aliphatic rings. The molecule has 1 N–H and O–H groups in total. The normalized spacial score (nSPS) is 10.8. The maximum absolute atomic E-state index is 12.0. The van der Waals surface area contributed by atoms with E-state index in [1.807, 2.05) is 31.2 Å². The number of nitrogens with one attached hydrogen (secondary N) is 1. The number of ether oxygens (including phenoxy) is 1. The number of methoxy groups -OCH3 is 1. The second kappa shape index (κ2) is 5.69. The number of carbonyl (C=O) groups excluding carboxylic acids is 1. The van der Waals surface area contributed by atoms with E-state index in [2.05, 4.69) is 5.32 Å². The highest BCUT2D eigenvalue weighted by molar-refractivity contribution is 5.99. The number of hydrogen-bond acceptors (Lipinski definition) is 3. The van der Waals surface area contributed by atoms with E-state index >= 15 is 0 Å². The molecule has 0 fully saturated rings. The average Bonchev–Trinajstić information content (AvgIpc) is 2.76. The molecule has 1 aromatic carbocycles. The van der Waals surface area contributed by atoms with E-state index in [1.54, 1.807) is 7.11 Å². The molecule has 0 bridgehead atoms. The number of hydrogen-bond donors (Lipinski definition) is 1. The van der Waals surface area contributed by atoms with Crippen molar-refractivity contribution in [3.8, 4) is 0 Å². The zero-order valence-electron chi connectivity index (χ0n) is 10.7. The van der Waals surface area contributed by atoms with Gasteiger partial charge in [-0.05, 0) is 12.5 Å². The molecule has 2 rings (SSSR count). The first-order valence-corrected chi connectivity index (χ1v) is 6.05. The second-order valence-electron chi connectivity index (χ2n) is 4.09. The molecule has 0 atom stereocenters. The second-order valence-corrected chi connectivity index (χ2v) is 4.09. The van der Waals surface area contributed by atoms with Gasteiger partial charge in [-0.1, -0.05) is 25.1 Å². The van der Waals surface area contributed by atoms with Crippen LogP contribution in [-0.2, 0) is 11.3 Å². The summed E-state index contributed by atoms with van der Waals surface area (Å²) in [6, 6.07) is 7.59. The van der Waals surface area contributed by atoms with Crippen molar-refractivity contribution in [1.29, 1.82) is 0 Å². The number of rotatable bonds is 5. The molecule has 0 unspecified atom stereocenters. The van der Waals surface area contributed by atoms with Gasteiger partial charge in [0.25, 0.3) is 5.91 Å². The number of amides is 1. The van der Waals surface area contributed by atoms with Gasteiger partial charge >= 0.3 is 0 Å². The van der Waals surface area contributed by atoms with Crippen molar-refractivity contribution in [2.45, 2.75) is 20.0 Å².